The molecule has 2 aliphatic rings. The quantitative estimate of drug-likeness (QED) is 0.698. The predicted molar refractivity (Wildman–Crippen MR) is 88.6 cm³/mol. The van der Waals surface area contributed by atoms with Gasteiger partial charge in [-0.25, -0.2) is 8.42 Å². The highest BCUT2D eigenvalue weighted by Crippen LogP contribution is 2.31. The van der Waals surface area contributed by atoms with Crippen LogP contribution in [0.1, 0.15) is 23.2 Å². The van der Waals surface area contributed by atoms with E-state index >= 15 is 0 Å². The normalized spacial score (nSPS) is 20.5. The maximum atomic E-state index is 12.5. The zero-order chi connectivity index (χ0) is 15.0. The number of amides is 1. The van der Waals surface area contributed by atoms with Crippen molar-refractivity contribution in [1.82, 2.24) is 9.21 Å². The molecule has 3 rings (SSSR count). The fraction of sp³-hybridized carbons (Fsp3) is 0.500. The summed E-state index contributed by atoms with van der Waals surface area (Å²) in [6.45, 7) is 1.76. The van der Waals surface area contributed by atoms with Gasteiger partial charge in [0.1, 0.15) is 0 Å². The number of sulfonamides is 1. The molecule has 0 bridgehead atoms. The summed E-state index contributed by atoms with van der Waals surface area (Å²) >= 11 is 2.15. The number of hydrogen-bond donors (Lipinski definition) is 0. The van der Waals surface area contributed by atoms with Crippen LogP contribution in [0.25, 0.3) is 0 Å². The maximum Gasteiger partial charge on any atom is 0.255 e. The topological polar surface area (TPSA) is 57.7 Å². The van der Waals surface area contributed by atoms with Gasteiger partial charge in [0, 0.05) is 29.7 Å². The second-order valence-electron chi connectivity index (χ2n) is 5.42. The number of carbonyl (C=O) groups is 1. The van der Waals surface area contributed by atoms with Crippen molar-refractivity contribution in [2.75, 3.05) is 26.2 Å². The van der Waals surface area contributed by atoms with Crippen LogP contribution in [0.4, 0.5) is 0 Å². The Morgan fingerprint density at radius 2 is 1.71 bits per heavy atom. The van der Waals surface area contributed by atoms with Crippen molar-refractivity contribution in [3.05, 3.63) is 33.4 Å². The fourth-order valence-corrected chi connectivity index (χ4v) is 4.97. The Bertz CT molecular complexity index is 650. The smallest absolute Gasteiger partial charge is 0.255 e. The molecule has 5 nitrogen and oxygen atoms in total. The zero-order valence-corrected chi connectivity index (χ0v) is 14.5. The summed E-state index contributed by atoms with van der Waals surface area (Å²) in [5, 5.41) is -0.171. The largest absolute Gasteiger partial charge is 0.336 e. The van der Waals surface area contributed by atoms with Crippen molar-refractivity contribution in [3.8, 4) is 0 Å². The maximum absolute atomic E-state index is 12.5. The molecule has 1 amide bonds. The molecular weight excluding hydrogens is 403 g/mol. The lowest BCUT2D eigenvalue weighted by Gasteiger charge is -2.34. The van der Waals surface area contributed by atoms with E-state index in [1.165, 1.54) is 0 Å². The third kappa shape index (κ3) is 3.09. The van der Waals surface area contributed by atoms with Crippen molar-refractivity contribution in [1.29, 1.82) is 0 Å². The molecule has 1 aromatic carbocycles. The Morgan fingerprint density at radius 3 is 2.29 bits per heavy atom. The van der Waals surface area contributed by atoms with Gasteiger partial charge in [0.25, 0.3) is 5.91 Å². The van der Waals surface area contributed by atoms with Crippen molar-refractivity contribution in [3.63, 3.8) is 0 Å². The monoisotopic (exact) mass is 420 g/mol. The van der Waals surface area contributed by atoms with Crippen molar-refractivity contribution >= 4 is 38.5 Å². The Balaban J connectivity index is 1.66. The minimum Gasteiger partial charge on any atom is -0.336 e. The second kappa shape index (κ2) is 5.85. The Kier molecular flexibility index (Phi) is 4.24. The Labute approximate surface area is 138 Å². The first-order chi connectivity index (χ1) is 10.00. The summed E-state index contributed by atoms with van der Waals surface area (Å²) < 4.78 is 26.8. The van der Waals surface area contributed by atoms with E-state index in [1.54, 1.807) is 9.21 Å². The first-order valence-corrected chi connectivity index (χ1v) is 9.61. The molecule has 0 spiro atoms. The molecule has 1 saturated heterocycles. The van der Waals surface area contributed by atoms with Gasteiger partial charge in [0.05, 0.1) is 10.8 Å². The second-order valence-corrected chi connectivity index (χ2v) is 8.79. The predicted octanol–water partition coefficient (Wildman–Crippen LogP) is 1.54. The minimum absolute atomic E-state index is 0.0107. The lowest BCUT2D eigenvalue weighted by molar-refractivity contribution is 0.0697. The average molecular weight is 420 g/mol. The van der Waals surface area contributed by atoms with Crippen LogP contribution < -0.4 is 0 Å². The van der Waals surface area contributed by atoms with Crippen molar-refractivity contribution < 1.29 is 13.2 Å². The Hall–Kier alpha value is -0.670. The summed E-state index contributed by atoms with van der Waals surface area (Å²) in [4.78, 5) is 14.2. The number of benzene rings is 1. The first kappa shape index (κ1) is 15.2. The molecule has 0 N–H and O–H groups in total. The number of rotatable bonds is 3. The molecule has 0 atom stereocenters. The van der Waals surface area contributed by atoms with Gasteiger partial charge in [0.2, 0.25) is 10.0 Å². The van der Waals surface area contributed by atoms with E-state index in [1.807, 2.05) is 24.3 Å². The minimum atomic E-state index is -3.12. The van der Waals surface area contributed by atoms with Crippen LogP contribution in [0.2, 0.25) is 0 Å². The molecule has 7 heteroatoms. The van der Waals surface area contributed by atoms with Gasteiger partial charge >= 0.3 is 0 Å². The third-order valence-corrected chi connectivity index (χ3v) is 7.28. The summed E-state index contributed by atoms with van der Waals surface area (Å²) in [5.74, 6) is -0.0107. The summed E-state index contributed by atoms with van der Waals surface area (Å²) in [6, 6.07) is 7.47. The van der Waals surface area contributed by atoms with Crippen molar-refractivity contribution in [2.45, 2.75) is 18.1 Å². The van der Waals surface area contributed by atoms with Gasteiger partial charge in [-0.3, -0.25) is 4.79 Å². The molecule has 114 valence electrons. The van der Waals surface area contributed by atoms with Crippen LogP contribution in [0.5, 0.6) is 0 Å². The molecule has 2 fully saturated rings. The summed E-state index contributed by atoms with van der Waals surface area (Å²) in [7, 11) is -3.12. The van der Waals surface area contributed by atoms with Gasteiger partial charge in [-0.2, -0.15) is 4.31 Å². The fourth-order valence-electron chi connectivity index (χ4n) is 2.53. The first-order valence-electron chi connectivity index (χ1n) is 7.03. The molecule has 1 aromatic rings. The molecular formula is C14H17IN2O3S. The van der Waals surface area contributed by atoms with Crippen LogP contribution in [0.3, 0.4) is 0 Å². The average Bonchev–Trinajstić information content (AvgIpc) is 3.32. The molecule has 1 aliphatic carbocycles. The van der Waals surface area contributed by atoms with E-state index in [4.69, 9.17) is 0 Å². The number of piperazine rings is 1. The highest BCUT2D eigenvalue weighted by Gasteiger charge is 2.41. The molecule has 1 heterocycles. The van der Waals surface area contributed by atoms with E-state index in [0.29, 0.717) is 31.7 Å². The number of nitrogens with zero attached hydrogens (tertiary/aromatic N) is 2. The third-order valence-electron chi connectivity index (χ3n) is 3.94. The van der Waals surface area contributed by atoms with Gasteiger partial charge in [-0.1, -0.05) is 12.1 Å². The van der Waals surface area contributed by atoms with Crippen molar-refractivity contribution in [2.24, 2.45) is 0 Å². The molecule has 0 radical (unpaired) electrons. The van der Waals surface area contributed by atoms with E-state index < -0.39 is 10.0 Å². The standard InChI is InChI=1S/C14H17IN2O3S/c15-13-4-2-1-3-12(13)14(18)16-7-9-17(10-8-16)21(19,20)11-5-6-11/h1-4,11H,5-10H2. The summed E-state index contributed by atoms with van der Waals surface area (Å²) in [5.41, 5.74) is 0.691. The molecule has 21 heavy (non-hydrogen) atoms. The van der Waals surface area contributed by atoms with Crippen LogP contribution in [-0.4, -0.2) is 55.0 Å². The lowest BCUT2D eigenvalue weighted by atomic mass is 10.2. The van der Waals surface area contributed by atoms with E-state index in [2.05, 4.69) is 22.6 Å². The van der Waals surface area contributed by atoms with Crippen LogP contribution in [-0.2, 0) is 10.0 Å². The molecule has 1 saturated carbocycles. The SMILES string of the molecule is O=C(c1ccccc1I)N1CCN(S(=O)(=O)C2CC2)CC1. The number of halogens is 1. The van der Waals surface area contributed by atoms with Crippen LogP contribution in [0.15, 0.2) is 24.3 Å². The van der Waals surface area contributed by atoms with Crippen LogP contribution in [0, 0.1) is 3.57 Å². The van der Waals surface area contributed by atoms with Gasteiger partial charge in [-0.15, -0.1) is 0 Å². The lowest BCUT2D eigenvalue weighted by Crippen LogP contribution is -2.51. The molecule has 0 unspecified atom stereocenters. The number of carbonyl (C=O) groups excluding carboxylic acids is 1. The van der Waals surface area contributed by atoms with Gasteiger partial charge in [-0.05, 0) is 47.6 Å². The van der Waals surface area contributed by atoms with E-state index in [9.17, 15) is 13.2 Å². The van der Waals surface area contributed by atoms with Gasteiger partial charge in [0.15, 0.2) is 0 Å². The molecule has 0 aromatic heterocycles. The highest BCUT2D eigenvalue weighted by molar-refractivity contribution is 14.1. The van der Waals surface area contributed by atoms with E-state index in [-0.39, 0.29) is 11.2 Å². The number of hydrogen-bond acceptors (Lipinski definition) is 3. The highest BCUT2D eigenvalue weighted by atomic mass is 127. The summed E-state index contributed by atoms with van der Waals surface area (Å²) in [6.07, 6.45) is 1.56. The Morgan fingerprint density at radius 1 is 1.10 bits per heavy atom. The van der Waals surface area contributed by atoms with Gasteiger partial charge < -0.3 is 4.90 Å². The molecule has 1 aliphatic heterocycles. The van der Waals surface area contributed by atoms with Crippen LogP contribution >= 0.6 is 22.6 Å². The van der Waals surface area contributed by atoms with E-state index in [0.717, 1.165) is 16.4 Å². The zero-order valence-electron chi connectivity index (χ0n) is 11.5.